The van der Waals surface area contributed by atoms with E-state index in [-0.39, 0.29) is 5.91 Å². The molecule has 3 N–H and O–H groups in total. The predicted molar refractivity (Wildman–Crippen MR) is 69.5 cm³/mol. The highest BCUT2D eigenvalue weighted by Gasteiger charge is 2.18. The van der Waals surface area contributed by atoms with E-state index >= 15 is 0 Å². The van der Waals surface area contributed by atoms with Crippen LogP contribution in [0.25, 0.3) is 0 Å². The number of nitrogens with one attached hydrogen (secondary N) is 1. The Kier molecular flexibility index (Phi) is 3.73. The molecule has 3 nitrogen and oxygen atoms in total. The zero-order valence-corrected chi connectivity index (χ0v) is 9.60. The zero-order valence-electron chi connectivity index (χ0n) is 9.60. The molecule has 0 saturated carbocycles. The normalized spacial score (nSPS) is 16.2. The molecule has 0 fully saturated rings. The summed E-state index contributed by atoms with van der Waals surface area (Å²) in [6, 6.07) is 8.80. The van der Waals surface area contributed by atoms with Gasteiger partial charge in [0.15, 0.2) is 0 Å². The third-order valence-electron chi connectivity index (χ3n) is 2.77. The Hall–Kier alpha value is -1.87. The van der Waals surface area contributed by atoms with Crippen molar-refractivity contribution in [1.29, 1.82) is 0 Å². The van der Waals surface area contributed by atoms with Gasteiger partial charge in [0.2, 0.25) is 5.91 Å². The Morgan fingerprint density at radius 2 is 2.06 bits per heavy atom. The van der Waals surface area contributed by atoms with Crippen molar-refractivity contribution in [2.24, 2.45) is 5.73 Å². The van der Waals surface area contributed by atoms with Crippen LogP contribution >= 0.6 is 0 Å². The Morgan fingerprint density at radius 3 is 2.71 bits per heavy atom. The summed E-state index contributed by atoms with van der Waals surface area (Å²) < 4.78 is 0. The van der Waals surface area contributed by atoms with E-state index in [1.165, 1.54) is 0 Å². The van der Waals surface area contributed by atoms with Crippen molar-refractivity contribution >= 4 is 11.6 Å². The highest BCUT2D eigenvalue weighted by Crippen LogP contribution is 2.16. The van der Waals surface area contributed by atoms with Gasteiger partial charge < -0.3 is 11.1 Å². The molecule has 1 unspecified atom stereocenters. The molecule has 1 atom stereocenters. The summed E-state index contributed by atoms with van der Waals surface area (Å²) in [7, 11) is 0. The van der Waals surface area contributed by atoms with E-state index in [4.69, 9.17) is 5.73 Å². The number of carbonyl (C=O) groups is 1. The van der Waals surface area contributed by atoms with Gasteiger partial charge >= 0.3 is 0 Å². The lowest BCUT2D eigenvalue weighted by Gasteiger charge is -2.16. The molecule has 1 aromatic carbocycles. The van der Waals surface area contributed by atoms with Gasteiger partial charge in [0.1, 0.15) is 6.04 Å². The first-order valence-electron chi connectivity index (χ1n) is 5.74. The molecule has 0 aliphatic heterocycles. The number of benzene rings is 1. The summed E-state index contributed by atoms with van der Waals surface area (Å²) >= 11 is 0. The summed E-state index contributed by atoms with van der Waals surface area (Å²) in [6.07, 6.45) is 7.77. The highest BCUT2D eigenvalue weighted by molar-refractivity contribution is 5.96. The number of rotatable bonds is 3. The average Bonchev–Trinajstić information content (AvgIpc) is 2.40. The van der Waals surface area contributed by atoms with Crippen LogP contribution in [0.4, 0.5) is 5.69 Å². The van der Waals surface area contributed by atoms with Gasteiger partial charge in [-0.05, 0) is 30.5 Å². The van der Waals surface area contributed by atoms with E-state index in [1.54, 1.807) is 0 Å². The first-order chi connectivity index (χ1) is 8.27. The molecule has 1 amide bonds. The molecule has 0 bridgehead atoms. The minimum Gasteiger partial charge on any atom is -0.324 e. The van der Waals surface area contributed by atoms with E-state index in [9.17, 15) is 4.79 Å². The van der Waals surface area contributed by atoms with Gasteiger partial charge in [-0.3, -0.25) is 4.79 Å². The molecule has 1 aromatic rings. The number of nitrogens with two attached hydrogens (primary N) is 1. The van der Waals surface area contributed by atoms with Gasteiger partial charge in [0, 0.05) is 5.69 Å². The summed E-state index contributed by atoms with van der Waals surface area (Å²) in [6.45, 7) is 0. The molecule has 1 aliphatic rings. The van der Waals surface area contributed by atoms with Crippen LogP contribution in [0.2, 0.25) is 0 Å². The molecule has 0 radical (unpaired) electrons. The number of hydrogen-bond acceptors (Lipinski definition) is 2. The largest absolute Gasteiger partial charge is 0.324 e. The number of para-hydroxylation sites is 1. The molecular formula is C14H16N2O. The average molecular weight is 228 g/mol. The topological polar surface area (TPSA) is 55.1 Å². The summed E-state index contributed by atoms with van der Waals surface area (Å²) in [4.78, 5) is 11.9. The smallest absolute Gasteiger partial charge is 0.245 e. The van der Waals surface area contributed by atoms with Crippen molar-refractivity contribution in [1.82, 2.24) is 0 Å². The molecule has 17 heavy (non-hydrogen) atoms. The van der Waals surface area contributed by atoms with Crippen molar-refractivity contribution in [3.8, 4) is 0 Å². The first-order valence-corrected chi connectivity index (χ1v) is 5.74. The third-order valence-corrected chi connectivity index (χ3v) is 2.77. The van der Waals surface area contributed by atoms with Crippen molar-refractivity contribution in [3.63, 3.8) is 0 Å². The molecular weight excluding hydrogens is 212 g/mol. The monoisotopic (exact) mass is 228 g/mol. The molecule has 2 rings (SSSR count). The number of amides is 1. The van der Waals surface area contributed by atoms with Gasteiger partial charge in [-0.25, -0.2) is 0 Å². The van der Waals surface area contributed by atoms with Crippen molar-refractivity contribution in [2.45, 2.75) is 18.9 Å². The quantitative estimate of drug-likeness (QED) is 0.833. The summed E-state index contributed by atoms with van der Waals surface area (Å²) in [5.41, 5.74) is 7.69. The molecule has 0 heterocycles. The second-order valence-corrected chi connectivity index (χ2v) is 4.04. The standard InChI is InChI=1S/C14H16N2O/c15-13(11-7-3-1-4-8-11)14(17)16-12-9-5-2-6-10-12/h1-3,5-7,9-10,13H,4,8,15H2,(H,16,17). The lowest BCUT2D eigenvalue weighted by Crippen LogP contribution is -2.37. The third kappa shape index (κ3) is 3.04. The number of hydrogen-bond donors (Lipinski definition) is 2. The lowest BCUT2D eigenvalue weighted by molar-refractivity contribution is -0.116. The van der Waals surface area contributed by atoms with Gasteiger partial charge in [0.05, 0.1) is 0 Å². The Balaban J connectivity index is 2.00. The highest BCUT2D eigenvalue weighted by atomic mass is 16.2. The Bertz CT molecular complexity index is 449. The Labute approximate surface area is 101 Å². The predicted octanol–water partition coefficient (Wildman–Crippen LogP) is 2.23. The van der Waals surface area contributed by atoms with Crippen LogP contribution in [-0.2, 0) is 4.79 Å². The van der Waals surface area contributed by atoms with Crippen LogP contribution in [0.5, 0.6) is 0 Å². The fraction of sp³-hybridized carbons (Fsp3) is 0.214. The fourth-order valence-corrected chi connectivity index (χ4v) is 1.79. The summed E-state index contributed by atoms with van der Waals surface area (Å²) in [5.74, 6) is -0.155. The van der Waals surface area contributed by atoms with Crippen molar-refractivity contribution < 1.29 is 4.79 Å². The van der Waals surface area contributed by atoms with Gasteiger partial charge in [-0.2, -0.15) is 0 Å². The maximum atomic E-state index is 11.9. The first kappa shape index (κ1) is 11.6. The molecule has 0 spiro atoms. The van der Waals surface area contributed by atoms with Crippen molar-refractivity contribution in [2.75, 3.05) is 5.32 Å². The van der Waals surface area contributed by atoms with Gasteiger partial charge in [-0.15, -0.1) is 0 Å². The summed E-state index contributed by atoms with van der Waals surface area (Å²) in [5, 5.41) is 2.81. The molecule has 88 valence electrons. The second-order valence-electron chi connectivity index (χ2n) is 4.04. The molecule has 0 saturated heterocycles. The van der Waals surface area contributed by atoms with E-state index in [1.807, 2.05) is 42.5 Å². The SMILES string of the molecule is NC(C(=O)Nc1ccccc1)C1=CC=CCC1. The maximum absolute atomic E-state index is 11.9. The maximum Gasteiger partial charge on any atom is 0.245 e. The van der Waals surface area contributed by atoms with Crippen LogP contribution in [0, 0.1) is 0 Å². The number of allylic oxidation sites excluding steroid dienone is 3. The van der Waals surface area contributed by atoms with Crippen LogP contribution in [-0.4, -0.2) is 11.9 Å². The van der Waals surface area contributed by atoms with Crippen LogP contribution in [0.1, 0.15) is 12.8 Å². The van der Waals surface area contributed by atoms with Crippen LogP contribution in [0.15, 0.2) is 54.1 Å². The van der Waals surface area contributed by atoms with E-state index in [0.717, 1.165) is 24.1 Å². The van der Waals surface area contributed by atoms with E-state index in [2.05, 4.69) is 11.4 Å². The molecule has 3 heteroatoms. The van der Waals surface area contributed by atoms with Crippen molar-refractivity contribution in [3.05, 3.63) is 54.1 Å². The van der Waals surface area contributed by atoms with E-state index < -0.39 is 6.04 Å². The zero-order chi connectivity index (χ0) is 12.1. The van der Waals surface area contributed by atoms with Crippen LogP contribution in [0.3, 0.4) is 0 Å². The minimum absolute atomic E-state index is 0.155. The van der Waals surface area contributed by atoms with Crippen LogP contribution < -0.4 is 11.1 Å². The van der Waals surface area contributed by atoms with E-state index in [0.29, 0.717) is 0 Å². The molecule has 0 aromatic heterocycles. The minimum atomic E-state index is -0.555. The molecule has 1 aliphatic carbocycles. The second kappa shape index (κ2) is 5.46. The number of anilines is 1. The fourth-order valence-electron chi connectivity index (χ4n) is 1.79. The Morgan fingerprint density at radius 1 is 1.29 bits per heavy atom. The van der Waals surface area contributed by atoms with Gasteiger partial charge in [-0.1, -0.05) is 36.4 Å². The van der Waals surface area contributed by atoms with Gasteiger partial charge in [0.25, 0.3) is 0 Å². The lowest BCUT2D eigenvalue weighted by atomic mass is 9.98. The number of carbonyl (C=O) groups excluding carboxylic acids is 1.